The zero-order chi connectivity index (χ0) is 7.11. The number of hydrogen-bond acceptors (Lipinski definition) is 2. The Hall–Kier alpha value is -0.990. The quantitative estimate of drug-likeness (QED) is 0.466. The van der Waals surface area contributed by atoms with E-state index in [2.05, 4.69) is 4.74 Å². The average Bonchev–Trinajstić information content (AvgIpc) is 1.80. The van der Waals surface area contributed by atoms with Crippen molar-refractivity contribution in [3.8, 4) is 0 Å². The van der Waals surface area contributed by atoms with Crippen LogP contribution in [0.25, 0.3) is 0 Å². The number of hydrogen-bond donors (Lipinski definition) is 1. The van der Waals surface area contributed by atoms with Crippen LogP contribution in [-0.2, 0) is 4.74 Å². The van der Waals surface area contributed by atoms with Crippen molar-refractivity contribution in [2.24, 2.45) is 0 Å². The van der Waals surface area contributed by atoms with Crippen LogP contribution in [-0.4, -0.2) is 17.9 Å². The first-order valence-electron chi connectivity index (χ1n) is 2.78. The van der Waals surface area contributed by atoms with Gasteiger partial charge in [0.15, 0.2) is 0 Å². The SMILES string of the molecule is CC/C=C/COC(=O)O. The van der Waals surface area contributed by atoms with Gasteiger partial charge in [-0.25, -0.2) is 4.79 Å². The molecule has 0 saturated carbocycles. The van der Waals surface area contributed by atoms with E-state index in [9.17, 15) is 4.79 Å². The molecule has 3 heteroatoms. The van der Waals surface area contributed by atoms with E-state index < -0.39 is 6.16 Å². The second-order valence-corrected chi connectivity index (χ2v) is 1.46. The van der Waals surface area contributed by atoms with Crippen molar-refractivity contribution in [3.05, 3.63) is 12.2 Å². The molecule has 0 aromatic rings. The average molecular weight is 130 g/mol. The van der Waals surface area contributed by atoms with Gasteiger partial charge in [0.1, 0.15) is 6.61 Å². The van der Waals surface area contributed by atoms with E-state index in [1.807, 2.05) is 13.0 Å². The predicted molar refractivity (Wildman–Crippen MR) is 33.4 cm³/mol. The number of carboxylic acid groups (broad SMARTS) is 1. The van der Waals surface area contributed by atoms with E-state index in [4.69, 9.17) is 5.11 Å². The lowest BCUT2D eigenvalue weighted by Crippen LogP contribution is -1.98. The Balaban J connectivity index is 3.09. The zero-order valence-corrected chi connectivity index (χ0v) is 5.33. The van der Waals surface area contributed by atoms with Crippen LogP contribution in [0.4, 0.5) is 4.79 Å². The topological polar surface area (TPSA) is 46.5 Å². The van der Waals surface area contributed by atoms with Crippen molar-refractivity contribution in [3.63, 3.8) is 0 Å². The van der Waals surface area contributed by atoms with E-state index in [1.54, 1.807) is 6.08 Å². The number of rotatable bonds is 3. The van der Waals surface area contributed by atoms with Crippen LogP contribution in [0.15, 0.2) is 12.2 Å². The molecule has 0 amide bonds. The minimum absolute atomic E-state index is 0.156. The van der Waals surface area contributed by atoms with Crippen LogP contribution in [0.3, 0.4) is 0 Å². The third-order valence-electron chi connectivity index (χ3n) is 0.705. The number of allylic oxidation sites excluding steroid dienone is 1. The van der Waals surface area contributed by atoms with Crippen molar-refractivity contribution in [1.82, 2.24) is 0 Å². The van der Waals surface area contributed by atoms with Gasteiger partial charge in [-0.05, 0) is 6.42 Å². The van der Waals surface area contributed by atoms with Gasteiger partial charge in [0.05, 0.1) is 0 Å². The summed E-state index contributed by atoms with van der Waals surface area (Å²) in [7, 11) is 0. The molecule has 0 radical (unpaired) electrons. The van der Waals surface area contributed by atoms with Crippen molar-refractivity contribution in [1.29, 1.82) is 0 Å². The van der Waals surface area contributed by atoms with Crippen molar-refractivity contribution in [2.45, 2.75) is 13.3 Å². The lowest BCUT2D eigenvalue weighted by atomic mass is 10.4. The molecule has 3 nitrogen and oxygen atoms in total. The van der Waals surface area contributed by atoms with Crippen LogP contribution < -0.4 is 0 Å². The molecule has 0 saturated heterocycles. The summed E-state index contributed by atoms with van der Waals surface area (Å²) in [6.45, 7) is 2.13. The number of carbonyl (C=O) groups is 1. The molecule has 0 aliphatic carbocycles. The van der Waals surface area contributed by atoms with Gasteiger partial charge in [-0.15, -0.1) is 0 Å². The lowest BCUT2D eigenvalue weighted by Gasteiger charge is -1.90. The van der Waals surface area contributed by atoms with Crippen molar-refractivity contribution < 1.29 is 14.6 Å². The minimum atomic E-state index is -1.23. The van der Waals surface area contributed by atoms with Gasteiger partial charge in [0.2, 0.25) is 0 Å². The normalized spacial score (nSPS) is 9.89. The largest absolute Gasteiger partial charge is 0.506 e. The summed E-state index contributed by atoms with van der Waals surface area (Å²) < 4.78 is 4.17. The molecule has 0 heterocycles. The zero-order valence-electron chi connectivity index (χ0n) is 5.33. The summed E-state index contributed by atoms with van der Waals surface area (Å²) in [5, 5.41) is 7.96. The van der Waals surface area contributed by atoms with Crippen molar-refractivity contribution in [2.75, 3.05) is 6.61 Å². The van der Waals surface area contributed by atoms with E-state index in [0.717, 1.165) is 6.42 Å². The second kappa shape index (κ2) is 5.15. The molecule has 9 heavy (non-hydrogen) atoms. The maximum absolute atomic E-state index is 9.71. The lowest BCUT2D eigenvalue weighted by molar-refractivity contribution is 0.102. The van der Waals surface area contributed by atoms with E-state index in [0.29, 0.717) is 0 Å². The van der Waals surface area contributed by atoms with Crippen LogP contribution in [0.1, 0.15) is 13.3 Å². The Labute approximate surface area is 53.9 Å². The minimum Gasteiger partial charge on any atom is -0.450 e. The van der Waals surface area contributed by atoms with Crippen LogP contribution >= 0.6 is 0 Å². The maximum Gasteiger partial charge on any atom is 0.506 e. The summed E-state index contributed by atoms with van der Waals surface area (Å²) in [5.74, 6) is 0. The Kier molecular flexibility index (Phi) is 4.59. The van der Waals surface area contributed by atoms with Gasteiger partial charge in [-0.3, -0.25) is 0 Å². The molecule has 52 valence electrons. The summed E-state index contributed by atoms with van der Waals surface area (Å²) in [5.41, 5.74) is 0. The molecule has 0 aliphatic heterocycles. The summed E-state index contributed by atoms with van der Waals surface area (Å²) in [6, 6.07) is 0. The van der Waals surface area contributed by atoms with Crippen LogP contribution in [0, 0.1) is 0 Å². The van der Waals surface area contributed by atoms with Crippen molar-refractivity contribution >= 4 is 6.16 Å². The van der Waals surface area contributed by atoms with Crippen LogP contribution in [0.5, 0.6) is 0 Å². The first kappa shape index (κ1) is 8.01. The Morgan fingerprint density at radius 2 is 2.33 bits per heavy atom. The van der Waals surface area contributed by atoms with Gasteiger partial charge < -0.3 is 9.84 Å². The molecule has 0 aromatic heterocycles. The molecule has 0 aliphatic rings. The van der Waals surface area contributed by atoms with E-state index in [-0.39, 0.29) is 6.61 Å². The summed E-state index contributed by atoms with van der Waals surface area (Å²) >= 11 is 0. The maximum atomic E-state index is 9.71. The predicted octanol–water partition coefficient (Wildman–Crippen LogP) is 1.65. The van der Waals surface area contributed by atoms with E-state index in [1.165, 1.54) is 0 Å². The van der Waals surface area contributed by atoms with Gasteiger partial charge >= 0.3 is 6.16 Å². The Morgan fingerprint density at radius 1 is 1.67 bits per heavy atom. The fourth-order valence-corrected chi connectivity index (χ4v) is 0.354. The molecule has 0 rings (SSSR count). The monoisotopic (exact) mass is 130 g/mol. The number of ether oxygens (including phenoxy) is 1. The smallest absolute Gasteiger partial charge is 0.450 e. The molecular weight excluding hydrogens is 120 g/mol. The first-order valence-corrected chi connectivity index (χ1v) is 2.78. The molecule has 0 unspecified atom stereocenters. The summed E-state index contributed by atoms with van der Waals surface area (Å²) in [6.07, 6.45) is 3.20. The highest BCUT2D eigenvalue weighted by molar-refractivity contribution is 5.56. The fourth-order valence-electron chi connectivity index (χ4n) is 0.354. The molecule has 0 spiro atoms. The summed E-state index contributed by atoms with van der Waals surface area (Å²) in [4.78, 5) is 9.71. The van der Waals surface area contributed by atoms with Gasteiger partial charge in [-0.2, -0.15) is 0 Å². The molecule has 1 N–H and O–H groups in total. The third-order valence-corrected chi connectivity index (χ3v) is 0.705. The van der Waals surface area contributed by atoms with Gasteiger partial charge in [0, 0.05) is 0 Å². The highest BCUT2D eigenvalue weighted by Gasteiger charge is 1.88. The third kappa shape index (κ3) is 7.01. The van der Waals surface area contributed by atoms with Gasteiger partial charge in [0.25, 0.3) is 0 Å². The highest BCUT2D eigenvalue weighted by Crippen LogP contribution is 1.81. The fraction of sp³-hybridized carbons (Fsp3) is 0.500. The molecule has 0 aromatic carbocycles. The molecule has 0 atom stereocenters. The standard InChI is InChI=1S/C6H10O3/c1-2-3-4-5-9-6(7)8/h3-4H,2,5H2,1H3,(H,7,8)/b4-3+. The molecular formula is C6H10O3. The first-order chi connectivity index (χ1) is 4.27. The van der Waals surface area contributed by atoms with Gasteiger partial charge in [-0.1, -0.05) is 19.1 Å². The van der Waals surface area contributed by atoms with E-state index >= 15 is 0 Å². The molecule has 0 fully saturated rings. The Bertz CT molecular complexity index is 107. The second-order valence-electron chi connectivity index (χ2n) is 1.46. The molecule has 0 bridgehead atoms. The van der Waals surface area contributed by atoms with Crippen LogP contribution in [0.2, 0.25) is 0 Å². The Morgan fingerprint density at radius 3 is 2.78 bits per heavy atom. The highest BCUT2D eigenvalue weighted by atomic mass is 16.7.